The number of methoxy groups -OCH3 is 1. The second-order valence-electron chi connectivity index (χ2n) is 5.75. The van der Waals surface area contributed by atoms with E-state index in [4.69, 9.17) is 4.74 Å². The number of aromatic nitrogens is 2. The first-order valence-corrected chi connectivity index (χ1v) is 7.67. The SMILES string of the molecule is COc1ncc(C(=O)N2CC[C@@H](N3CCCCC3)C2)cn1. The minimum atomic E-state index is 0.0252. The topological polar surface area (TPSA) is 58.6 Å². The molecule has 21 heavy (non-hydrogen) atoms. The molecule has 0 saturated carbocycles. The molecule has 0 radical (unpaired) electrons. The molecule has 1 aromatic heterocycles. The van der Waals surface area contributed by atoms with Gasteiger partial charge in [-0.05, 0) is 32.4 Å². The zero-order chi connectivity index (χ0) is 14.7. The van der Waals surface area contributed by atoms with E-state index in [0.717, 1.165) is 19.5 Å². The van der Waals surface area contributed by atoms with Gasteiger partial charge in [0.05, 0.1) is 12.7 Å². The van der Waals surface area contributed by atoms with Crippen molar-refractivity contribution in [2.45, 2.75) is 31.7 Å². The Morgan fingerprint density at radius 3 is 2.57 bits per heavy atom. The van der Waals surface area contributed by atoms with Crippen LogP contribution in [0, 0.1) is 0 Å². The second kappa shape index (κ2) is 6.39. The van der Waals surface area contributed by atoms with Crippen LogP contribution in [0.25, 0.3) is 0 Å². The van der Waals surface area contributed by atoms with Crippen molar-refractivity contribution in [3.05, 3.63) is 18.0 Å². The molecule has 0 aliphatic carbocycles. The van der Waals surface area contributed by atoms with E-state index in [-0.39, 0.29) is 5.91 Å². The third-order valence-corrected chi connectivity index (χ3v) is 4.42. The molecule has 1 amide bonds. The number of hydrogen-bond acceptors (Lipinski definition) is 5. The summed E-state index contributed by atoms with van der Waals surface area (Å²) in [5.74, 6) is 0.0252. The van der Waals surface area contributed by atoms with E-state index < -0.39 is 0 Å². The lowest BCUT2D eigenvalue weighted by atomic mass is 10.1. The first kappa shape index (κ1) is 14.3. The Morgan fingerprint density at radius 2 is 1.90 bits per heavy atom. The van der Waals surface area contributed by atoms with Gasteiger partial charge >= 0.3 is 6.01 Å². The van der Waals surface area contributed by atoms with Crippen LogP contribution in [-0.2, 0) is 0 Å². The van der Waals surface area contributed by atoms with Crippen molar-refractivity contribution in [1.29, 1.82) is 0 Å². The van der Waals surface area contributed by atoms with Gasteiger partial charge in [0, 0.05) is 31.5 Å². The van der Waals surface area contributed by atoms with Gasteiger partial charge in [-0.3, -0.25) is 9.69 Å². The van der Waals surface area contributed by atoms with Crippen molar-refractivity contribution in [1.82, 2.24) is 19.8 Å². The molecule has 0 N–H and O–H groups in total. The first-order valence-electron chi connectivity index (χ1n) is 7.67. The molecule has 2 saturated heterocycles. The van der Waals surface area contributed by atoms with Gasteiger partial charge in [-0.15, -0.1) is 0 Å². The fraction of sp³-hybridized carbons (Fsp3) is 0.667. The quantitative estimate of drug-likeness (QED) is 0.837. The van der Waals surface area contributed by atoms with E-state index >= 15 is 0 Å². The lowest BCUT2D eigenvalue weighted by Crippen LogP contribution is -2.41. The molecular weight excluding hydrogens is 268 g/mol. The Morgan fingerprint density at radius 1 is 1.19 bits per heavy atom. The first-order chi connectivity index (χ1) is 10.3. The molecule has 0 spiro atoms. The lowest BCUT2D eigenvalue weighted by molar-refractivity contribution is 0.0770. The summed E-state index contributed by atoms with van der Waals surface area (Å²) in [6.45, 7) is 4.01. The van der Waals surface area contributed by atoms with Crippen LogP contribution >= 0.6 is 0 Å². The predicted molar refractivity (Wildman–Crippen MR) is 78.3 cm³/mol. The molecular formula is C15H22N4O2. The van der Waals surface area contributed by atoms with Gasteiger partial charge < -0.3 is 9.64 Å². The average molecular weight is 290 g/mol. The molecule has 2 fully saturated rings. The molecule has 0 aromatic carbocycles. The monoisotopic (exact) mass is 290 g/mol. The standard InChI is InChI=1S/C15H22N4O2/c1-21-15-16-9-12(10-17-15)14(20)19-8-5-13(11-19)18-6-3-2-4-7-18/h9-10,13H,2-8,11H2,1H3/t13-/m1/s1. The number of nitrogens with zero attached hydrogens (tertiary/aromatic N) is 4. The summed E-state index contributed by atoms with van der Waals surface area (Å²) in [5.41, 5.74) is 0.537. The maximum absolute atomic E-state index is 12.5. The number of ether oxygens (including phenoxy) is 1. The van der Waals surface area contributed by atoms with Gasteiger partial charge in [0.1, 0.15) is 0 Å². The molecule has 3 heterocycles. The summed E-state index contributed by atoms with van der Waals surface area (Å²) in [4.78, 5) is 24.9. The molecule has 114 valence electrons. The number of carbonyl (C=O) groups excluding carboxylic acids is 1. The molecule has 1 atom stereocenters. The summed E-state index contributed by atoms with van der Waals surface area (Å²) in [6, 6.07) is 0.813. The van der Waals surface area contributed by atoms with Crippen molar-refractivity contribution in [3.8, 4) is 6.01 Å². The van der Waals surface area contributed by atoms with Crippen molar-refractivity contribution < 1.29 is 9.53 Å². The van der Waals surface area contributed by atoms with Gasteiger partial charge in [0.25, 0.3) is 5.91 Å². The number of hydrogen-bond donors (Lipinski definition) is 0. The summed E-state index contributed by atoms with van der Waals surface area (Å²) >= 11 is 0. The number of amides is 1. The van der Waals surface area contributed by atoms with E-state index in [1.165, 1.54) is 39.5 Å². The minimum absolute atomic E-state index is 0.0252. The molecule has 2 aliphatic heterocycles. The third kappa shape index (κ3) is 3.15. The van der Waals surface area contributed by atoms with Crippen LogP contribution in [0.1, 0.15) is 36.0 Å². The van der Waals surface area contributed by atoms with Crippen LogP contribution < -0.4 is 4.74 Å². The summed E-state index contributed by atoms with van der Waals surface area (Å²) in [7, 11) is 1.51. The lowest BCUT2D eigenvalue weighted by Gasteiger charge is -2.32. The van der Waals surface area contributed by atoms with Crippen molar-refractivity contribution in [2.24, 2.45) is 0 Å². The van der Waals surface area contributed by atoms with Gasteiger partial charge in [-0.2, -0.15) is 0 Å². The minimum Gasteiger partial charge on any atom is -0.467 e. The highest BCUT2D eigenvalue weighted by Gasteiger charge is 2.31. The molecule has 3 rings (SSSR count). The normalized spacial score (nSPS) is 23.3. The molecule has 1 aromatic rings. The zero-order valence-corrected chi connectivity index (χ0v) is 12.5. The Hall–Kier alpha value is -1.69. The molecule has 2 aliphatic rings. The highest BCUT2D eigenvalue weighted by molar-refractivity contribution is 5.93. The maximum atomic E-state index is 12.5. The number of likely N-dealkylation sites (tertiary alicyclic amines) is 2. The maximum Gasteiger partial charge on any atom is 0.316 e. The molecule has 6 nitrogen and oxygen atoms in total. The fourth-order valence-electron chi connectivity index (χ4n) is 3.22. The van der Waals surface area contributed by atoms with Gasteiger partial charge in [0.15, 0.2) is 0 Å². The summed E-state index contributed by atoms with van der Waals surface area (Å²) in [5, 5.41) is 0. The number of piperidine rings is 1. The van der Waals surface area contributed by atoms with E-state index in [1.54, 1.807) is 12.4 Å². The van der Waals surface area contributed by atoms with Gasteiger partial charge in [0.2, 0.25) is 0 Å². The van der Waals surface area contributed by atoms with Crippen LogP contribution in [-0.4, -0.2) is 65.0 Å². The number of rotatable bonds is 3. The highest BCUT2D eigenvalue weighted by atomic mass is 16.5. The Balaban J connectivity index is 1.60. The van der Waals surface area contributed by atoms with Crippen molar-refractivity contribution in [2.75, 3.05) is 33.3 Å². The number of carbonyl (C=O) groups is 1. The third-order valence-electron chi connectivity index (χ3n) is 4.42. The van der Waals surface area contributed by atoms with Gasteiger partial charge in [-0.25, -0.2) is 9.97 Å². The van der Waals surface area contributed by atoms with E-state index in [2.05, 4.69) is 14.9 Å². The van der Waals surface area contributed by atoms with Crippen molar-refractivity contribution in [3.63, 3.8) is 0 Å². The van der Waals surface area contributed by atoms with E-state index in [0.29, 0.717) is 17.6 Å². The fourth-order valence-corrected chi connectivity index (χ4v) is 3.22. The summed E-state index contributed by atoms with van der Waals surface area (Å²) < 4.78 is 4.92. The second-order valence-corrected chi connectivity index (χ2v) is 5.75. The largest absolute Gasteiger partial charge is 0.467 e. The van der Waals surface area contributed by atoms with Gasteiger partial charge in [-0.1, -0.05) is 6.42 Å². The van der Waals surface area contributed by atoms with Crippen LogP contribution in [0.15, 0.2) is 12.4 Å². The average Bonchev–Trinajstić information content (AvgIpc) is 3.05. The molecule has 0 bridgehead atoms. The van der Waals surface area contributed by atoms with Crippen LogP contribution in [0.4, 0.5) is 0 Å². The van der Waals surface area contributed by atoms with Crippen molar-refractivity contribution >= 4 is 5.91 Å². The zero-order valence-electron chi connectivity index (χ0n) is 12.5. The molecule has 0 unspecified atom stereocenters. The Bertz CT molecular complexity index is 485. The van der Waals surface area contributed by atoms with Crippen LogP contribution in [0.3, 0.4) is 0 Å². The van der Waals surface area contributed by atoms with E-state index in [1.807, 2.05) is 4.90 Å². The summed E-state index contributed by atoms with van der Waals surface area (Å²) in [6.07, 6.45) is 8.08. The highest BCUT2D eigenvalue weighted by Crippen LogP contribution is 2.21. The smallest absolute Gasteiger partial charge is 0.316 e. The van der Waals surface area contributed by atoms with Crippen LogP contribution in [0.2, 0.25) is 0 Å². The van der Waals surface area contributed by atoms with E-state index in [9.17, 15) is 4.79 Å². The Kier molecular flexibility index (Phi) is 4.34. The Labute approximate surface area is 125 Å². The predicted octanol–water partition coefficient (Wildman–Crippen LogP) is 1.19. The molecule has 6 heteroatoms. The van der Waals surface area contributed by atoms with Crippen LogP contribution in [0.5, 0.6) is 6.01 Å².